The maximum atomic E-state index is 7.23. The van der Waals surface area contributed by atoms with Crippen LogP contribution in [0.4, 0.5) is 0 Å². The lowest BCUT2D eigenvalue weighted by Gasteiger charge is -2.46. The Morgan fingerprint density at radius 1 is 0.512 bits per heavy atom. The summed E-state index contributed by atoms with van der Waals surface area (Å²) in [6.45, 7) is 8.52. The average Bonchev–Trinajstić information content (AvgIpc) is 3.57. The molecule has 41 heavy (non-hydrogen) atoms. The Hall–Kier alpha value is -2.76. The van der Waals surface area contributed by atoms with Gasteiger partial charge in [-0.2, -0.15) is 0 Å². The first-order valence-electron chi connectivity index (χ1n) is 14.9. The number of fused-ring (bicyclic) bond motifs is 1. The van der Waals surface area contributed by atoms with Gasteiger partial charge in [-0.1, -0.05) is 121 Å². The molecule has 3 saturated heterocycles. The second-order valence-corrected chi connectivity index (χ2v) is 12.7. The molecule has 0 amide bonds. The van der Waals surface area contributed by atoms with Gasteiger partial charge in [0.05, 0.1) is 37.0 Å². The van der Waals surface area contributed by atoms with Crippen molar-refractivity contribution in [1.29, 1.82) is 0 Å². The second-order valence-electron chi connectivity index (χ2n) is 12.7. The Morgan fingerprint density at radius 3 is 1.10 bits per heavy atom. The van der Waals surface area contributed by atoms with Gasteiger partial charge in [0.25, 0.3) is 0 Å². The van der Waals surface area contributed by atoms with E-state index in [1.165, 1.54) is 48.2 Å². The summed E-state index contributed by atoms with van der Waals surface area (Å²) >= 11 is 0. The van der Waals surface area contributed by atoms with Crippen LogP contribution in [0.25, 0.3) is 0 Å². The summed E-state index contributed by atoms with van der Waals surface area (Å²) in [7, 11) is 0. The van der Waals surface area contributed by atoms with Gasteiger partial charge in [-0.3, -0.25) is 0 Å². The summed E-state index contributed by atoms with van der Waals surface area (Å²) in [6.07, 6.45) is 2.13. The van der Waals surface area contributed by atoms with E-state index in [0.29, 0.717) is 0 Å². The number of hydrogen-bond acceptors (Lipinski definition) is 2. The SMILES string of the molecule is CC1(C)O[C@@H]2[C@@H](O1)C(c1ccccc1)(c1ccccc1)C[N+]1(CCCC1)CC2(c1ccccc1)c1ccccc1.[Br-]. The molecule has 2 atom stereocenters. The van der Waals surface area contributed by atoms with E-state index in [1.807, 2.05) is 0 Å². The lowest BCUT2D eigenvalue weighted by molar-refractivity contribution is -0.922. The number of rotatable bonds is 4. The molecule has 0 radical (unpaired) electrons. The Morgan fingerprint density at radius 2 is 0.805 bits per heavy atom. The molecule has 0 unspecified atom stereocenters. The van der Waals surface area contributed by atoms with Crippen molar-refractivity contribution < 1.29 is 30.9 Å². The highest BCUT2D eigenvalue weighted by atomic mass is 79.9. The van der Waals surface area contributed by atoms with Crippen LogP contribution >= 0.6 is 0 Å². The molecule has 3 aliphatic rings. The summed E-state index contributed by atoms with van der Waals surface area (Å²) in [4.78, 5) is 0. The molecule has 3 fully saturated rings. The van der Waals surface area contributed by atoms with Gasteiger partial charge in [0.15, 0.2) is 5.79 Å². The van der Waals surface area contributed by atoms with Crippen LogP contribution in [-0.4, -0.2) is 48.7 Å². The number of hydrogen-bond donors (Lipinski definition) is 0. The van der Waals surface area contributed by atoms with E-state index in [4.69, 9.17) is 9.47 Å². The standard InChI is InChI=1S/C37H40NO2.BrH/c1-35(2)39-33-34(40-35)37(31-21-11-5-12-22-31,32-23-13-6-14-24-32)28-38(25-15-16-26-38)27-36(33,29-17-7-3-8-18-29)30-19-9-4-10-20-30;/h3-14,17-24,33-34H,15-16,25-28H2,1-2H3;1H/q+1;/p-1/t33-,34-;/m1./s1. The first-order chi connectivity index (χ1) is 19.5. The van der Waals surface area contributed by atoms with Crippen LogP contribution in [0, 0.1) is 0 Å². The van der Waals surface area contributed by atoms with Crippen LogP contribution < -0.4 is 17.0 Å². The fraction of sp³-hybridized carbons (Fsp3) is 0.351. The highest BCUT2D eigenvalue weighted by molar-refractivity contribution is 5.48. The van der Waals surface area contributed by atoms with Crippen molar-refractivity contribution in [3.63, 3.8) is 0 Å². The fourth-order valence-corrected chi connectivity index (χ4v) is 8.40. The maximum Gasteiger partial charge on any atom is 0.163 e. The highest BCUT2D eigenvalue weighted by Gasteiger charge is 2.68. The first kappa shape index (κ1) is 28.4. The van der Waals surface area contributed by atoms with Gasteiger partial charge in [0.2, 0.25) is 0 Å². The average molecular weight is 611 g/mol. The normalized spacial score (nSPS) is 25.1. The maximum absolute atomic E-state index is 7.23. The molecule has 4 aromatic rings. The third-order valence-electron chi connectivity index (χ3n) is 9.91. The zero-order valence-electron chi connectivity index (χ0n) is 24.1. The molecule has 3 aliphatic heterocycles. The molecular formula is C37H40BrNO2. The Balaban J connectivity index is 0.00000302. The number of quaternary nitrogens is 1. The van der Waals surface area contributed by atoms with Crippen molar-refractivity contribution in [2.75, 3.05) is 26.2 Å². The van der Waals surface area contributed by atoms with E-state index in [-0.39, 0.29) is 40.0 Å². The van der Waals surface area contributed by atoms with Crippen molar-refractivity contribution in [2.24, 2.45) is 0 Å². The van der Waals surface area contributed by atoms with E-state index in [1.54, 1.807) is 0 Å². The zero-order valence-corrected chi connectivity index (χ0v) is 25.7. The zero-order chi connectivity index (χ0) is 27.3. The molecule has 3 heterocycles. The van der Waals surface area contributed by atoms with Crippen LogP contribution in [0.2, 0.25) is 0 Å². The summed E-state index contributed by atoms with van der Waals surface area (Å²) < 4.78 is 15.5. The summed E-state index contributed by atoms with van der Waals surface area (Å²) in [5.74, 6) is -0.716. The smallest absolute Gasteiger partial charge is 0.163 e. The van der Waals surface area contributed by atoms with Crippen LogP contribution in [-0.2, 0) is 20.3 Å². The Bertz CT molecular complexity index is 1250. The van der Waals surface area contributed by atoms with E-state index < -0.39 is 5.79 Å². The van der Waals surface area contributed by atoms with Gasteiger partial charge >= 0.3 is 0 Å². The van der Waals surface area contributed by atoms with Crippen LogP contribution in [0.1, 0.15) is 48.9 Å². The van der Waals surface area contributed by atoms with E-state index >= 15 is 0 Å². The fourth-order valence-electron chi connectivity index (χ4n) is 8.40. The predicted molar refractivity (Wildman–Crippen MR) is 160 cm³/mol. The molecular weight excluding hydrogens is 570 g/mol. The molecule has 0 aliphatic carbocycles. The Labute approximate surface area is 255 Å². The summed E-state index contributed by atoms with van der Waals surface area (Å²) in [5.41, 5.74) is 4.52. The third kappa shape index (κ3) is 4.60. The molecule has 7 rings (SSSR count). The van der Waals surface area contributed by atoms with Crippen molar-refractivity contribution in [3.05, 3.63) is 144 Å². The minimum absolute atomic E-state index is 0. The lowest BCUT2D eigenvalue weighted by atomic mass is 9.62. The monoisotopic (exact) mass is 609 g/mol. The van der Waals surface area contributed by atoms with Gasteiger partial charge in [-0.15, -0.1) is 0 Å². The minimum Gasteiger partial charge on any atom is -1.00 e. The van der Waals surface area contributed by atoms with Crippen molar-refractivity contribution in [3.8, 4) is 0 Å². The van der Waals surface area contributed by atoms with E-state index in [9.17, 15) is 0 Å². The topological polar surface area (TPSA) is 18.5 Å². The number of nitrogens with zero attached hydrogens (tertiary/aromatic N) is 1. The number of benzene rings is 4. The summed E-state index contributed by atoms with van der Waals surface area (Å²) in [6, 6.07) is 44.6. The largest absolute Gasteiger partial charge is 1.00 e. The van der Waals surface area contributed by atoms with Gasteiger partial charge in [-0.25, -0.2) is 0 Å². The van der Waals surface area contributed by atoms with Gasteiger partial charge < -0.3 is 30.9 Å². The summed E-state index contributed by atoms with van der Waals surface area (Å²) in [5, 5.41) is 0. The highest BCUT2D eigenvalue weighted by Crippen LogP contribution is 2.56. The molecule has 0 aromatic heterocycles. The van der Waals surface area contributed by atoms with Crippen molar-refractivity contribution >= 4 is 0 Å². The molecule has 4 heteroatoms. The molecule has 0 bridgehead atoms. The van der Waals surface area contributed by atoms with Crippen LogP contribution in [0.15, 0.2) is 121 Å². The quantitative estimate of drug-likeness (QED) is 0.324. The molecule has 1 spiro atoms. The lowest BCUT2D eigenvalue weighted by Crippen LogP contribution is -3.00. The second kappa shape index (κ2) is 10.8. The Kier molecular flexibility index (Phi) is 7.48. The molecule has 212 valence electrons. The van der Waals surface area contributed by atoms with Crippen molar-refractivity contribution in [2.45, 2.75) is 55.5 Å². The molecule has 4 aromatic carbocycles. The van der Waals surface area contributed by atoms with E-state index in [0.717, 1.165) is 17.6 Å². The van der Waals surface area contributed by atoms with Gasteiger partial charge in [0.1, 0.15) is 12.2 Å². The first-order valence-corrected chi connectivity index (χ1v) is 14.9. The van der Waals surface area contributed by atoms with Gasteiger partial charge in [-0.05, 0) is 36.1 Å². The minimum atomic E-state index is -0.716. The van der Waals surface area contributed by atoms with Gasteiger partial charge in [0, 0.05) is 12.8 Å². The number of ether oxygens (including phenoxy) is 2. The van der Waals surface area contributed by atoms with Crippen LogP contribution in [0.5, 0.6) is 0 Å². The molecule has 3 nitrogen and oxygen atoms in total. The molecule has 0 saturated carbocycles. The predicted octanol–water partition coefficient (Wildman–Crippen LogP) is 4.11. The number of halogens is 1. The van der Waals surface area contributed by atoms with E-state index in [2.05, 4.69) is 135 Å². The van der Waals surface area contributed by atoms with Crippen LogP contribution in [0.3, 0.4) is 0 Å². The third-order valence-corrected chi connectivity index (χ3v) is 9.91. The van der Waals surface area contributed by atoms with Crippen molar-refractivity contribution in [1.82, 2.24) is 0 Å². The molecule has 0 N–H and O–H groups in total.